The van der Waals surface area contributed by atoms with Crippen molar-refractivity contribution in [2.24, 2.45) is 0 Å². The van der Waals surface area contributed by atoms with Crippen LogP contribution in [0.3, 0.4) is 0 Å². The van der Waals surface area contributed by atoms with Gasteiger partial charge in [-0.1, -0.05) is 35.5 Å². The Hall–Kier alpha value is -3.88. The number of hydrogen-bond donors (Lipinski definition) is 1. The van der Waals surface area contributed by atoms with Gasteiger partial charge in [0.25, 0.3) is 11.8 Å². The fraction of sp³-hybridized carbons (Fsp3) is 0.273. The number of ether oxygens (including phenoxy) is 2. The van der Waals surface area contributed by atoms with Gasteiger partial charge >= 0.3 is 0 Å². The highest BCUT2D eigenvalue weighted by atomic mass is 16.5. The minimum Gasteiger partial charge on any atom is -0.497 e. The molecule has 9 heteroatoms. The zero-order chi connectivity index (χ0) is 22.2. The highest BCUT2D eigenvalue weighted by molar-refractivity contribution is 5.97. The molecule has 9 nitrogen and oxygen atoms in total. The zero-order valence-electron chi connectivity index (χ0n) is 17.7. The molecule has 0 unspecified atom stereocenters. The molecule has 2 aromatic carbocycles. The van der Waals surface area contributed by atoms with E-state index in [-0.39, 0.29) is 17.5 Å². The van der Waals surface area contributed by atoms with Gasteiger partial charge in [-0.05, 0) is 17.7 Å². The van der Waals surface area contributed by atoms with Gasteiger partial charge < -0.3 is 19.7 Å². The lowest BCUT2D eigenvalue weighted by atomic mass is 10.1. The summed E-state index contributed by atoms with van der Waals surface area (Å²) in [6, 6.07) is 14.7. The molecule has 3 rings (SSSR count). The quantitative estimate of drug-likeness (QED) is 0.565. The van der Waals surface area contributed by atoms with E-state index in [0.717, 1.165) is 5.56 Å². The monoisotopic (exact) mass is 423 g/mol. The average molecular weight is 423 g/mol. The smallest absolute Gasteiger partial charge is 0.276 e. The molecule has 3 aromatic rings. The summed E-state index contributed by atoms with van der Waals surface area (Å²) in [6.45, 7) is 1.16. The number of amides is 2. The van der Waals surface area contributed by atoms with Crippen LogP contribution in [0.1, 0.15) is 26.4 Å². The van der Waals surface area contributed by atoms with E-state index in [1.54, 1.807) is 43.5 Å². The van der Waals surface area contributed by atoms with Crippen molar-refractivity contribution in [2.45, 2.75) is 13.1 Å². The summed E-state index contributed by atoms with van der Waals surface area (Å²) in [5.74, 6) is 0.526. The molecule has 0 atom stereocenters. The lowest BCUT2D eigenvalue weighted by molar-refractivity contribution is 0.0778. The summed E-state index contributed by atoms with van der Waals surface area (Å²) in [7, 11) is 4.76. The second kappa shape index (κ2) is 10.2. The van der Waals surface area contributed by atoms with Gasteiger partial charge in [0, 0.05) is 26.2 Å². The van der Waals surface area contributed by atoms with E-state index in [0.29, 0.717) is 36.7 Å². The fourth-order valence-corrected chi connectivity index (χ4v) is 3.00. The van der Waals surface area contributed by atoms with Crippen molar-refractivity contribution < 1.29 is 19.1 Å². The third kappa shape index (κ3) is 5.59. The van der Waals surface area contributed by atoms with Crippen LogP contribution < -0.4 is 14.8 Å². The number of benzene rings is 2. The Labute approximate surface area is 180 Å². The van der Waals surface area contributed by atoms with Gasteiger partial charge in [0.05, 0.1) is 32.5 Å². The Morgan fingerprint density at radius 1 is 1.10 bits per heavy atom. The first-order valence-corrected chi connectivity index (χ1v) is 9.71. The molecule has 0 fully saturated rings. The molecule has 0 aliphatic heterocycles. The first kappa shape index (κ1) is 21.8. The minimum atomic E-state index is -0.279. The Balaban J connectivity index is 1.53. The lowest BCUT2D eigenvalue weighted by Crippen LogP contribution is -2.28. The molecule has 1 aromatic heterocycles. The topological polar surface area (TPSA) is 98.6 Å². The van der Waals surface area contributed by atoms with Gasteiger partial charge in [0.2, 0.25) is 0 Å². The van der Waals surface area contributed by atoms with Crippen molar-refractivity contribution in [3.63, 3.8) is 0 Å². The summed E-state index contributed by atoms with van der Waals surface area (Å²) >= 11 is 0. The molecule has 1 N–H and O–H groups in total. The van der Waals surface area contributed by atoms with Crippen LogP contribution in [0.5, 0.6) is 11.5 Å². The number of nitrogens with one attached hydrogen (secondary N) is 1. The minimum absolute atomic E-state index is 0.220. The van der Waals surface area contributed by atoms with E-state index in [2.05, 4.69) is 15.6 Å². The Morgan fingerprint density at radius 2 is 1.87 bits per heavy atom. The standard InChI is InChI=1S/C22H25N5O4/c1-26(14-16-7-5-4-6-8-16)22(29)19-15-27(25-24-19)12-11-23-21(28)18-10-9-17(30-2)13-20(18)31-3/h4-10,13,15H,11-12,14H2,1-3H3,(H,23,28). The molecule has 0 saturated heterocycles. The van der Waals surface area contributed by atoms with Crippen LogP contribution in [0.15, 0.2) is 54.7 Å². The molecular weight excluding hydrogens is 398 g/mol. The van der Waals surface area contributed by atoms with Gasteiger partial charge in [0.15, 0.2) is 5.69 Å². The average Bonchev–Trinajstić information content (AvgIpc) is 3.27. The van der Waals surface area contributed by atoms with Crippen molar-refractivity contribution >= 4 is 11.8 Å². The van der Waals surface area contributed by atoms with E-state index < -0.39 is 0 Å². The molecular formula is C22H25N5O4. The fourth-order valence-electron chi connectivity index (χ4n) is 3.00. The molecule has 0 spiro atoms. The summed E-state index contributed by atoms with van der Waals surface area (Å²) in [5.41, 5.74) is 1.68. The maximum absolute atomic E-state index is 12.6. The van der Waals surface area contributed by atoms with Crippen molar-refractivity contribution in [2.75, 3.05) is 27.8 Å². The molecule has 1 heterocycles. The van der Waals surface area contributed by atoms with Gasteiger partial charge in [-0.25, -0.2) is 4.68 Å². The van der Waals surface area contributed by atoms with Crippen molar-refractivity contribution in [3.05, 3.63) is 71.5 Å². The van der Waals surface area contributed by atoms with Crippen LogP contribution >= 0.6 is 0 Å². The maximum atomic E-state index is 12.6. The Kier molecular flexibility index (Phi) is 7.21. The molecule has 0 bridgehead atoms. The number of carbonyl (C=O) groups is 2. The van der Waals surface area contributed by atoms with Crippen molar-refractivity contribution in [3.8, 4) is 11.5 Å². The third-order valence-corrected chi connectivity index (χ3v) is 4.65. The zero-order valence-corrected chi connectivity index (χ0v) is 17.7. The van der Waals surface area contributed by atoms with E-state index in [9.17, 15) is 9.59 Å². The highest BCUT2D eigenvalue weighted by Crippen LogP contribution is 2.24. The van der Waals surface area contributed by atoms with Crippen LogP contribution in [0, 0.1) is 0 Å². The predicted octanol–water partition coefficient (Wildman–Crippen LogP) is 2.00. The van der Waals surface area contributed by atoms with Gasteiger partial charge in [0.1, 0.15) is 11.5 Å². The normalized spacial score (nSPS) is 10.4. The Bertz CT molecular complexity index is 1040. The van der Waals surface area contributed by atoms with Crippen LogP contribution in [0.2, 0.25) is 0 Å². The highest BCUT2D eigenvalue weighted by Gasteiger charge is 2.17. The molecule has 31 heavy (non-hydrogen) atoms. The number of rotatable bonds is 9. The SMILES string of the molecule is COc1ccc(C(=O)NCCn2cc(C(=O)N(C)Cc3ccccc3)nn2)c(OC)c1. The van der Waals surface area contributed by atoms with E-state index in [1.807, 2.05) is 30.3 Å². The molecule has 162 valence electrons. The molecule has 0 radical (unpaired) electrons. The largest absolute Gasteiger partial charge is 0.497 e. The van der Waals surface area contributed by atoms with Crippen LogP contribution in [0.25, 0.3) is 0 Å². The van der Waals surface area contributed by atoms with Gasteiger partial charge in [-0.3, -0.25) is 9.59 Å². The second-order valence-electron chi connectivity index (χ2n) is 6.84. The second-order valence-corrected chi connectivity index (χ2v) is 6.84. The lowest BCUT2D eigenvalue weighted by Gasteiger charge is -2.15. The number of methoxy groups -OCH3 is 2. The number of nitrogens with zero attached hydrogens (tertiary/aromatic N) is 4. The van der Waals surface area contributed by atoms with Gasteiger partial charge in [-0.2, -0.15) is 0 Å². The predicted molar refractivity (Wildman–Crippen MR) is 114 cm³/mol. The Morgan fingerprint density at radius 3 is 2.58 bits per heavy atom. The number of aromatic nitrogens is 3. The van der Waals surface area contributed by atoms with Crippen molar-refractivity contribution in [1.29, 1.82) is 0 Å². The molecule has 0 aliphatic rings. The molecule has 0 aliphatic carbocycles. The first-order valence-electron chi connectivity index (χ1n) is 9.71. The summed E-state index contributed by atoms with van der Waals surface area (Å²) < 4.78 is 11.9. The maximum Gasteiger partial charge on any atom is 0.276 e. The van der Waals surface area contributed by atoms with E-state index in [1.165, 1.54) is 11.8 Å². The summed E-state index contributed by atoms with van der Waals surface area (Å²) in [6.07, 6.45) is 1.57. The van der Waals surface area contributed by atoms with E-state index >= 15 is 0 Å². The summed E-state index contributed by atoms with van der Waals surface area (Å²) in [5, 5.41) is 10.7. The van der Waals surface area contributed by atoms with Gasteiger partial charge in [-0.15, -0.1) is 5.10 Å². The first-order chi connectivity index (χ1) is 15.0. The van der Waals surface area contributed by atoms with Crippen LogP contribution in [-0.2, 0) is 13.1 Å². The number of carbonyl (C=O) groups excluding carboxylic acids is 2. The van der Waals surface area contributed by atoms with Crippen LogP contribution in [-0.4, -0.2) is 59.5 Å². The van der Waals surface area contributed by atoms with Crippen molar-refractivity contribution in [1.82, 2.24) is 25.2 Å². The molecule has 0 saturated carbocycles. The number of hydrogen-bond acceptors (Lipinski definition) is 6. The molecule has 2 amide bonds. The van der Waals surface area contributed by atoms with E-state index in [4.69, 9.17) is 9.47 Å². The van der Waals surface area contributed by atoms with Crippen LogP contribution in [0.4, 0.5) is 0 Å². The third-order valence-electron chi connectivity index (χ3n) is 4.65. The summed E-state index contributed by atoms with van der Waals surface area (Å²) in [4.78, 5) is 26.6.